The zero-order chi connectivity index (χ0) is 24.2. The van der Waals surface area contributed by atoms with E-state index in [0.29, 0.717) is 22.6 Å². The fourth-order valence-electron chi connectivity index (χ4n) is 2.75. The maximum absolute atomic E-state index is 12.5. The molecular formula is C21H24ClN7O4. The van der Waals surface area contributed by atoms with Gasteiger partial charge in [-0.05, 0) is 45.9 Å². The molecule has 0 aromatic carbocycles. The lowest BCUT2D eigenvalue weighted by Gasteiger charge is -2.19. The Hall–Kier alpha value is -3.73. The molecule has 174 valence electrons. The van der Waals surface area contributed by atoms with E-state index in [2.05, 4.69) is 30.9 Å². The van der Waals surface area contributed by atoms with Crippen LogP contribution in [0.4, 0.5) is 21.1 Å². The van der Waals surface area contributed by atoms with Gasteiger partial charge in [0.15, 0.2) is 11.5 Å². The fourth-order valence-corrected chi connectivity index (χ4v) is 3.02. The van der Waals surface area contributed by atoms with Gasteiger partial charge < -0.3 is 9.47 Å². The summed E-state index contributed by atoms with van der Waals surface area (Å²) < 4.78 is 12.0. The molecule has 2 N–H and O–H groups in total. The molecule has 0 aliphatic carbocycles. The lowest BCUT2D eigenvalue weighted by Crippen LogP contribution is -2.27. The van der Waals surface area contributed by atoms with Crippen molar-refractivity contribution in [2.45, 2.75) is 39.4 Å². The summed E-state index contributed by atoms with van der Waals surface area (Å²) in [5, 5.41) is 13.5. The summed E-state index contributed by atoms with van der Waals surface area (Å²) in [6, 6.07) is 6.69. The molecule has 0 saturated carbocycles. The number of ether oxygens (including phenoxy) is 2. The van der Waals surface area contributed by atoms with E-state index in [9.17, 15) is 9.59 Å². The highest BCUT2D eigenvalue weighted by Crippen LogP contribution is 2.27. The number of halogens is 1. The average Bonchev–Trinajstić information content (AvgIpc) is 3.07. The molecular weight excluding hydrogens is 450 g/mol. The van der Waals surface area contributed by atoms with Gasteiger partial charge in [-0.2, -0.15) is 0 Å². The van der Waals surface area contributed by atoms with Crippen molar-refractivity contribution in [3.63, 3.8) is 0 Å². The Morgan fingerprint density at radius 2 is 1.88 bits per heavy atom. The number of carbonyl (C=O) groups excluding carboxylic acids is 2. The van der Waals surface area contributed by atoms with Gasteiger partial charge in [0.05, 0.1) is 17.6 Å². The molecule has 0 saturated heterocycles. The van der Waals surface area contributed by atoms with Gasteiger partial charge in [-0.25, -0.2) is 19.3 Å². The van der Waals surface area contributed by atoms with Crippen LogP contribution in [0, 0.1) is 0 Å². The Balaban J connectivity index is 1.70. The highest BCUT2D eigenvalue weighted by atomic mass is 35.5. The Labute approximate surface area is 195 Å². The number of rotatable bonds is 5. The van der Waals surface area contributed by atoms with Gasteiger partial charge in [0.2, 0.25) is 0 Å². The van der Waals surface area contributed by atoms with Crippen LogP contribution >= 0.6 is 11.6 Å². The predicted molar refractivity (Wildman–Crippen MR) is 122 cm³/mol. The molecule has 3 aromatic rings. The number of amides is 2. The van der Waals surface area contributed by atoms with Crippen LogP contribution in [0.2, 0.25) is 5.15 Å². The van der Waals surface area contributed by atoms with Crippen molar-refractivity contribution in [3.8, 4) is 11.4 Å². The summed E-state index contributed by atoms with van der Waals surface area (Å²) in [4.78, 5) is 32.7. The standard InChI is InChI=1S/C21H24ClN7O4/c1-12(14-7-6-10-23-17(14)22)32-19(30)26-18-16(27-28-29(18)5)15-9-8-13(11-24-15)25-20(31)33-21(2,3)4/h6-12H,1-5H3,(H,25,31)(H,26,30)/t12-/m1/s1. The second kappa shape index (κ2) is 9.82. The van der Waals surface area contributed by atoms with Crippen LogP contribution in [-0.4, -0.2) is 42.7 Å². The molecule has 0 radical (unpaired) electrons. The minimum atomic E-state index is -0.725. The topological polar surface area (TPSA) is 133 Å². The first kappa shape index (κ1) is 23.9. The molecule has 3 heterocycles. The molecule has 2 amide bonds. The maximum Gasteiger partial charge on any atom is 0.413 e. The van der Waals surface area contributed by atoms with Crippen molar-refractivity contribution in [1.82, 2.24) is 25.0 Å². The Bertz CT molecular complexity index is 1140. The normalized spacial score (nSPS) is 12.1. The van der Waals surface area contributed by atoms with Crippen molar-refractivity contribution in [1.29, 1.82) is 0 Å². The molecule has 12 heteroatoms. The van der Waals surface area contributed by atoms with Gasteiger partial charge in [-0.15, -0.1) is 5.10 Å². The lowest BCUT2D eigenvalue weighted by molar-refractivity contribution is 0.0635. The van der Waals surface area contributed by atoms with E-state index < -0.39 is 23.9 Å². The van der Waals surface area contributed by atoms with Crippen LogP contribution in [0.5, 0.6) is 0 Å². The zero-order valence-corrected chi connectivity index (χ0v) is 19.5. The van der Waals surface area contributed by atoms with Gasteiger partial charge in [0.25, 0.3) is 0 Å². The van der Waals surface area contributed by atoms with E-state index >= 15 is 0 Å². The van der Waals surface area contributed by atoms with E-state index in [1.807, 2.05) is 0 Å². The van der Waals surface area contributed by atoms with Gasteiger partial charge in [-0.3, -0.25) is 15.6 Å². The monoisotopic (exact) mass is 473 g/mol. The molecule has 0 fully saturated rings. The Kier molecular flexibility index (Phi) is 7.12. The van der Waals surface area contributed by atoms with Crippen LogP contribution in [0.15, 0.2) is 36.7 Å². The summed E-state index contributed by atoms with van der Waals surface area (Å²) in [7, 11) is 1.62. The van der Waals surface area contributed by atoms with Crippen LogP contribution in [0.3, 0.4) is 0 Å². The third kappa shape index (κ3) is 6.39. The van der Waals surface area contributed by atoms with Gasteiger partial charge in [-0.1, -0.05) is 22.9 Å². The first-order valence-electron chi connectivity index (χ1n) is 9.97. The lowest BCUT2D eigenvalue weighted by atomic mass is 10.2. The quantitative estimate of drug-likeness (QED) is 0.514. The molecule has 0 aliphatic heterocycles. The highest BCUT2D eigenvalue weighted by Gasteiger charge is 2.21. The van der Waals surface area contributed by atoms with Crippen LogP contribution in [0.25, 0.3) is 11.4 Å². The molecule has 3 aromatic heterocycles. The summed E-state index contributed by atoms with van der Waals surface area (Å²) >= 11 is 6.06. The smallest absolute Gasteiger partial charge is 0.413 e. The van der Waals surface area contributed by atoms with E-state index in [0.717, 1.165) is 0 Å². The van der Waals surface area contributed by atoms with Gasteiger partial charge in [0.1, 0.15) is 16.9 Å². The molecule has 33 heavy (non-hydrogen) atoms. The van der Waals surface area contributed by atoms with Crippen LogP contribution in [-0.2, 0) is 16.5 Å². The summed E-state index contributed by atoms with van der Waals surface area (Å²) in [5.41, 5.74) is 1.15. The van der Waals surface area contributed by atoms with Crippen molar-refractivity contribution in [2.75, 3.05) is 10.6 Å². The number of hydrogen-bond donors (Lipinski definition) is 2. The summed E-state index contributed by atoms with van der Waals surface area (Å²) in [6.07, 6.45) is 1.05. The third-order valence-electron chi connectivity index (χ3n) is 4.21. The van der Waals surface area contributed by atoms with E-state index in [-0.39, 0.29) is 11.0 Å². The zero-order valence-electron chi connectivity index (χ0n) is 18.8. The van der Waals surface area contributed by atoms with Crippen molar-refractivity contribution in [3.05, 3.63) is 47.4 Å². The highest BCUT2D eigenvalue weighted by molar-refractivity contribution is 6.30. The number of nitrogens with zero attached hydrogens (tertiary/aromatic N) is 5. The molecule has 1 atom stereocenters. The van der Waals surface area contributed by atoms with E-state index in [4.69, 9.17) is 21.1 Å². The maximum atomic E-state index is 12.5. The number of aryl methyl sites for hydroxylation is 1. The number of aromatic nitrogens is 5. The SMILES string of the molecule is C[C@@H](OC(=O)Nc1c(-c2ccc(NC(=O)OC(C)(C)C)cn2)nnn1C)c1cccnc1Cl. The number of hydrogen-bond acceptors (Lipinski definition) is 8. The third-order valence-corrected chi connectivity index (χ3v) is 4.52. The summed E-state index contributed by atoms with van der Waals surface area (Å²) in [5.74, 6) is 0.282. The minimum absolute atomic E-state index is 0.255. The van der Waals surface area contributed by atoms with Crippen LogP contribution < -0.4 is 10.6 Å². The molecule has 0 bridgehead atoms. The van der Waals surface area contributed by atoms with E-state index in [1.165, 1.54) is 10.9 Å². The number of nitrogens with one attached hydrogen (secondary N) is 2. The average molecular weight is 474 g/mol. The molecule has 0 unspecified atom stereocenters. The Morgan fingerprint density at radius 3 is 2.52 bits per heavy atom. The van der Waals surface area contributed by atoms with Crippen LogP contribution in [0.1, 0.15) is 39.4 Å². The molecule has 0 spiro atoms. The number of anilines is 2. The molecule has 0 aliphatic rings. The predicted octanol–water partition coefficient (Wildman–Crippen LogP) is 4.58. The second-order valence-electron chi connectivity index (χ2n) is 8.03. The largest absolute Gasteiger partial charge is 0.444 e. The van der Waals surface area contributed by atoms with Crippen molar-refractivity contribution in [2.24, 2.45) is 7.05 Å². The second-order valence-corrected chi connectivity index (χ2v) is 8.38. The summed E-state index contributed by atoms with van der Waals surface area (Å²) in [6.45, 7) is 7.00. The van der Waals surface area contributed by atoms with Gasteiger partial charge >= 0.3 is 12.2 Å². The number of pyridine rings is 2. The molecule has 11 nitrogen and oxygen atoms in total. The minimum Gasteiger partial charge on any atom is -0.444 e. The Morgan fingerprint density at radius 1 is 1.12 bits per heavy atom. The first-order chi connectivity index (χ1) is 15.5. The van der Waals surface area contributed by atoms with E-state index in [1.54, 1.807) is 65.2 Å². The van der Waals surface area contributed by atoms with Crippen molar-refractivity contribution >= 4 is 35.3 Å². The first-order valence-corrected chi connectivity index (χ1v) is 10.4. The number of carbonyl (C=O) groups is 2. The van der Waals surface area contributed by atoms with Gasteiger partial charge in [0, 0.05) is 18.8 Å². The fraction of sp³-hybridized carbons (Fsp3) is 0.333. The molecule has 3 rings (SSSR count). The van der Waals surface area contributed by atoms with Crippen molar-refractivity contribution < 1.29 is 19.1 Å².